The number of hydrogen-bond donors (Lipinski definition) is 2. The first-order chi connectivity index (χ1) is 13.1. The molecule has 8 heteroatoms. The Morgan fingerprint density at radius 3 is 2.85 bits per heavy atom. The Balaban J connectivity index is 1.67. The maximum absolute atomic E-state index is 12.3. The third-order valence-electron chi connectivity index (χ3n) is 5.22. The fourth-order valence-corrected chi connectivity index (χ4v) is 3.67. The van der Waals surface area contributed by atoms with Crippen LogP contribution in [0.4, 0.5) is 5.82 Å². The first kappa shape index (κ1) is 19.7. The van der Waals surface area contributed by atoms with Crippen LogP contribution >= 0.6 is 0 Å². The zero-order valence-corrected chi connectivity index (χ0v) is 16.4. The molecule has 0 aliphatic carbocycles. The van der Waals surface area contributed by atoms with Crippen molar-refractivity contribution in [3.05, 3.63) is 10.5 Å². The fourth-order valence-electron chi connectivity index (χ4n) is 3.67. The lowest BCUT2D eigenvalue weighted by atomic mass is 9.94. The van der Waals surface area contributed by atoms with Gasteiger partial charge in [-0.1, -0.05) is 26.2 Å². The monoisotopic (exact) mass is 377 g/mol. The Bertz CT molecular complexity index is 794. The molecule has 3 heterocycles. The lowest BCUT2D eigenvalue weighted by Crippen LogP contribution is -2.18. The van der Waals surface area contributed by atoms with Crippen LogP contribution in [0.15, 0.2) is 4.79 Å². The van der Waals surface area contributed by atoms with E-state index in [-0.39, 0.29) is 23.6 Å². The number of anilines is 1. The molecule has 0 spiro atoms. The highest BCUT2D eigenvalue weighted by atomic mass is 16.5. The van der Waals surface area contributed by atoms with Gasteiger partial charge in [0.2, 0.25) is 0 Å². The summed E-state index contributed by atoms with van der Waals surface area (Å²) in [4.78, 5) is 23.8. The Kier molecular flexibility index (Phi) is 6.71. The van der Waals surface area contributed by atoms with E-state index in [1.165, 1.54) is 6.42 Å². The zero-order chi connectivity index (χ0) is 19.2. The highest BCUT2D eigenvalue weighted by Crippen LogP contribution is 2.22. The van der Waals surface area contributed by atoms with Gasteiger partial charge in [-0.25, -0.2) is 4.79 Å². The number of aryl methyl sites for hydroxylation is 1. The minimum absolute atomic E-state index is 0.00503. The summed E-state index contributed by atoms with van der Waals surface area (Å²) in [6, 6.07) is 0.232. The molecule has 3 rings (SSSR count). The Labute approximate surface area is 159 Å². The molecule has 0 saturated carbocycles. The standard InChI is InChI=1S/C19H31N5O3/c1-3-6-13(2)27-18-22-16(20)15-17(23-18)24(19(25)21-15)10-5-4-7-14-8-11-26-12-9-14/h13-14H,3-12H2,1-2H3,(H,21,25)(H2,20,22,23)/t13-/m0/s1. The number of hydrogen-bond acceptors (Lipinski definition) is 6. The minimum atomic E-state index is -0.198. The van der Waals surface area contributed by atoms with Crippen LogP contribution in [-0.2, 0) is 11.3 Å². The number of imidazole rings is 1. The van der Waals surface area contributed by atoms with Crippen LogP contribution in [0.1, 0.15) is 58.8 Å². The molecule has 1 aliphatic rings. The summed E-state index contributed by atoms with van der Waals surface area (Å²) in [6.07, 6.45) is 7.42. The van der Waals surface area contributed by atoms with E-state index in [9.17, 15) is 4.79 Å². The Hall–Kier alpha value is -2.09. The highest BCUT2D eigenvalue weighted by molar-refractivity contribution is 5.81. The molecule has 2 aromatic rings. The summed E-state index contributed by atoms with van der Waals surface area (Å²) in [6.45, 7) is 6.45. The van der Waals surface area contributed by atoms with Gasteiger partial charge >= 0.3 is 11.7 Å². The first-order valence-corrected chi connectivity index (χ1v) is 10.1. The molecule has 150 valence electrons. The van der Waals surface area contributed by atoms with Crippen LogP contribution in [0.3, 0.4) is 0 Å². The van der Waals surface area contributed by atoms with Gasteiger partial charge < -0.3 is 20.2 Å². The van der Waals surface area contributed by atoms with Crippen molar-refractivity contribution >= 4 is 17.0 Å². The Morgan fingerprint density at radius 1 is 1.33 bits per heavy atom. The van der Waals surface area contributed by atoms with Crippen molar-refractivity contribution in [2.75, 3.05) is 18.9 Å². The van der Waals surface area contributed by atoms with Gasteiger partial charge in [-0.2, -0.15) is 9.97 Å². The summed E-state index contributed by atoms with van der Waals surface area (Å²) in [5, 5.41) is 0. The van der Waals surface area contributed by atoms with Crippen molar-refractivity contribution in [3.8, 4) is 6.01 Å². The third kappa shape index (κ3) is 5.00. The number of nitrogens with zero attached hydrogens (tertiary/aromatic N) is 3. The number of rotatable bonds is 9. The van der Waals surface area contributed by atoms with Gasteiger partial charge in [0.25, 0.3) is 0 Å². The number of nitrogen functional groups attached to an aromatic ring is 1. The SMILES string of the molecule is CCC[C@H](C)Oc1nc(N)c2[nH]c(=O)n(CCCCC3CCOCC3)c2n1. The molecule has 1 aliphatic heterocycles. The van der Waals surface area contributed by atoms with Crippen molar-refractivity contribution < 1.29 is 9.47 Å². The molecule has 8 nitrogen and oxygen atoms in total. The van der Waals surface area contributed by atoms with Gasteiger partial charge in [0.1, 0.15) is 5.52 Å². The zero-order valence-electron chi connectivity index (χ0n) is 16.4. The second-order valence-corrected chi connectivity index (χ2v) is 7.44. The number of H-pyrrole nitrogens is 1. The molecule has 0 amide bonds. The summed E-state index contributed by atoms with van der Waals surface area (Å²) < 4.78 is 12.8. The number of aromatic amines is 1. The van der Waals surface area contributed by atoms with E-state index in [1.807, 2.05) is 6.92 Å². The molecular weight excluding hydrogens is 346 g/mol. The molecule has 1 fully saturated rings. The molecular formula is C19H31N5O3. The van der Waals surface area contributed by atoms with Gasteiger partial charge in [0.15, 0.2) is 11.5 Å². The molecule has 2 aromatic heterocycles. The van der Waals surface area contributed by atoms with Gasteiger partial charge in [-0.15, -0.1) is 0 Å². The highest BCUT2D eigenvalue weighted by Gasteiger charge is 2.17. The van der Waals surface area contributed by atoms with E-state index < -0.39 is 0 Å². The fraction of sp³-hybridized carbons (Fsp3) is 0.737. The Morgan fingerprint density at radius 2 is 2.11 bits per heavy atom. The molecule has 1 atom stereocenters. The predicted molar refractivity (Wildman–Crippen MR) is 105 cm³/mol. The van der Waals surface area contributed by atoms with Gasteiger partial charge in [0.05, 0.1) is 6.10 Å². The van der Waals surface area contributed by atoms with Crippen LogP contribution in [-0.4, -0.2) is 38.8 Å². The van der Waals surface area contributed by atoms with Gasteiger partial charge in [0, 0.05) is 19.8 Å². The van der Waals surface area contributed by atoms with Crippen molar-refractivity contribution in [2.24, 2.45) is 5.92 Å². The second-order valence-electron chi connectivity index (χ2n) is 7.44. The average molecular weight is 377 g/mol. The number of fused-ring (bicyclic) bond motifs is 1. The maximum Gasteiger partial charge on any atom is 0.327 e. The summed E-state index contributed by atoms with van der Waals surface area (Å²) in [7, 11) is 0. The molecule has 0 bridgehead atoms. The van der Waals surface area contributed by atoms with E-state index >= 15 is 0 Å². The number of ether oxygens (including phenoxy) is 2. The maximum atomic E-state index is 12.3. The molecule has 0 radical (unpaired) electrons. The van der Waals surface area contributed by atoms with Crippen LogP contribution in [0.25, 0.3) is 11.2 Å². The van der Waals surface area contributed by atoms with Crippen molar-refractivity contribution in [3.63, 3.8) is 0 Å². The number of unbranched alkanes of at least 4 members (excludes halogenated alkanes) is 1. The molecule has 0 unspecified atom stereocenters. The number of nitrogens with one attached hydrogen (secondary N) is 1. The summed E-state index contributed by atoms with van der Waals surface area (Å²) >= 11 is 0. The van der Waals surface area contributed by atoms with E-state index in [1.54, 1.807) is 4.57 Å². The summed E-state index contributed by atoms with van der Waals surface area (Å²) in [5.41, 5.74) is 6.83. The number of aromatic nitrogens is 4. The predicted octanol–water partition coefficient (Wildman–Crippen LogP) is 2.87. The van der Waals surface area contributed by atoms with Gasteiger partial charge in [-0.05, 0) is 38.5 Å². The first-order valence-electron chi connectivity index (χ1n) is 10.1. The number of nitrogens with two attached hydrogens (primary N) is 1. The molecule has 0 aromatic carbocycles. The third-order valence-corrected chi connectivity index (χ3v) is 5.22. The minimum Gasteiger partial charge on any atom is -0.460 e. The molecule has 1 saturated heterocycles. The lowest BCUT2D eigenvalue weighted by Gasteiger charge is -2.21. The molecule has 3 N–H and O–H groups in total. The quantitative estimate of drug-likeness (QED) is 0.651. The smallest absolute Gasteiger partial charge is 0.327 e. The average Bonchev–Trinajstić information content (AvgIpc) is 2.96. The van der Waals surface area contributed by atoms with E-state index in [4.69, 9.17) is 15.2 Å². The normalized spacial score (nSPS) is 16.7. The van der Waals surface area contributed by atoms with E-state index in [2.05, 4.69) is 21.9 Å². The van der Waals surface area contributed by atoms with E-state index in [0.29, 0.717) is 17.7 Å². The van der Waals surface area contributed by atoms with Crippen molar-refractivity contribution in [2.45, 2.75) is 71.4 Å². The largest absolute Gasteiger partial charge is 0.460 e. The van der Waals surface area contributed by atoms with Crippen molar-refractivity contribution in [1.82, 2.24) is 19.5 Å². The second kappa shape index (κ2) is 9.21. The van der Waals surface area contributed by atoms with Crippen LogP contribution < -0.4 is 16.2 Å². The van der Waals surface area contributed by atoms with Crippen LogP contribution in [0.2, 0.25) is 0 Å². The van der Waals surface area contributed by atoms with Crippen LogP contribution in [0, 0.1) is 5.92 Å². The summed E-state index contributed by atoms with van der Waals surface area (Å²) in [5.74, 6) is 0.994. The lowest BCUT2D eigenvalue weighted by molar-refractivity contribution is 0.0631. The van der Waals surface area contributed by atoms with Gasteiger partial charge in [-0.3, -0.25) is 4.57 Å². The molecule has 27 heavy (non-hydrogen) atoms. The van der Waals surface area contributed by atoms with Crippen molar-refractivity contribution in [1.29, 1.82) is 0 Å². The van der Waals surface area contributed by atoms with Crippen LogP contribution in [0.5, 0.6) is 6.01 Å². The van der Waals surface area contributed by atoms with E-state index in [0.717, 1.165) is 57.7 Å². The topological polar surface area (TPSA) is 108 Å².